The molecule has 0 unspecified atom stereocenters. The van der Waals surface area contributed by atoms with Crippen LogP contribution in [-0.2, 0) is 0 Å². The van der Waals surface area contributed by atoms with Crippen molar-refractivity contribution in [3.63, 3.8) is 0 Å². The van der Waals surface area contributed by atoms with Crippen LogP contribution in [0.3, 0.4) is 0 Å². The first-order valence-electron chi connectivity index (χ1n) is 7.03. The summed E-state index contributed by atoms with van der Waals surface area (Å²) < 4.78 is 5.63. The zero-order valence-corrected chi connectivity index (χ0v) is 14.7. The van der Waals surface area contributed by atoms with Crippen molar-refractivity contribution in [2.75, 3.05) is 12.4 Å². The molecule has 20 heavy (non-hydrogen) atoms. The quantitative estimate of drug-likeness (QED) is 0.279. The molecule has 0 atom stereocenters. The van der Waals surface area contributed by atoms with E-state index in [4.69, 9.17) is 39.5 Å². The molecule has 0 aliphatic carbocycles. The van der Waals surface area contributed by atoms with Crippen molar-refractivity contribution in [2.24, 2.45) is 0 Å². The van der Waals surface area contributed by atoms with E-state index in [-0.39, 0.29) is 0 Å². The van der Waals surface area contributed by atoms with Gasteiger partial charge < -0.3 is 4.74 Å². The number of benzene rings is 1. The molecule has 0 aromatic heterocycles. The van der Waals surface area contributed by atoms with Crippen LogP contribution in [0.2, 0.25) is 15.1 Å². The van der Waals surface area contributed by atoms with Crippen LogP contribution in [0.15, 0.2) is 12.1 Å². The monoisotopic (exact) mass is 354 g/mol. The number of hydrogen-bond donors (Lipinski definition) is 1. The van der Waals surface area contributed by atoms with Crippen LogP contribution in [0.4, 0.5) is 0 Å². The maximum absolute atomic E-state index is 6.04. The van der Waals surface area contributed by atoms with Crippen molar-refractivity contribution >= 4 is 47.4 Å². The summed E-state index contributed by atoms with van der Waals surface area (Å²) in [6, 6.07) is 3.28. The third-order valence-corrected chi connectivity index (χ3v) is 4.37. The van der Waals surface area contributed by atoms with Crippen molar-refractivity contribution < 1.29 is 4.74 Å². The Balaban J connectivity index is 2.11. The highest BCUT2D eigenvalue weighted by atomic mass is 35.5. The van der Waals surface area contributed by atoms with Crippen molar-refractivity contribution in [1.29, 1.82) is 0 Å². The lowest BCUT2D eigenvalue weighted by atomic mass is 10.1. The third kappa shape index (κ3) is 7.31. The normalized spacial score (nSPS) is 10.8. The summed E-state index contributed by atoms with van der Waals surface area (Å²) in [5.41, 5.74) is 0. The number of unbranched alkanes of at least 4 members (excludes halogenated alkanes) is 6. The van der Waals surface area contributed by atoms with E-state index in [0.29, 0.717) is 27.4 Å². The summed E-state index contributed by atoms with van der Waals surface area (Å²) in [5.74, 6) is 1.60. The lowest BCUT2D eigenvalue weighted by Gasteiger charge is -2.09. The molecule has 1 nitrogen and oxygen atoms in total. The Morgan fingerprint density at radius 2 is 1.30 bits per heavy atom. The summed E-state index contributed by atoms with van der Waals surface area (Å²) in [6.07, 6.45) is 8.58. The van der Waals surface area contributed by atoms with Crippen LogP contribution >= 0.6 is 47.4 Å². The Bertz CT molecular complexity index is 399. The molecule has 0 fully saturated rings. The lowest BCUT2D eigenvalue weighted by Crippen LogP contribution is -1.98. The fraction of sp³-hybridized carbons (Fsp3) is 0.600. The molecule has 0 aliphatic rings. The number of rotatable bonds is 10. The second-order valence-corrected chi connectivity index (χ2v) is 6.41. The van der Waals surface area contributed by atoms with Crippen LogP contribution in [0.5, 0.6) is 5.75 Å². The van der Waals surface area contributed by atoms with Gasteiger partial charge in [0.05, 0.1) is 21.7 Å². The van der Waals surface area contributed by atoms with Crippen molar-refractivity contribution in [3.05, 3.63) is 27.2 Å². The summed E-state index contributed by atoms with van der Waals surface area (Å²) in [7, 11) is 0. The lowest BCUT2D eigenvalue weighted by molar-refractivity contribution is 0.304. The van der Waals surface area contributed by atoms with Gasteiger partial charge in [-0.25, -0.2) is 0 Å². The molecule has 0 radical (unpaired) electrons. The van der Waals surface area contributed by atoms with Gasteiger partial charge in [-0.3, -0.25) is 0 Å². The van der Waals surface area contributed by atoms with E-state index in [2.05, 4.69) is 12.6 Å². The predicted molar refractivity (Wildman–Crippen MR) is 93.1 cm³/mol. The largest absolute Gasteiger partial charge is 0.492 e. The van der Waals surface area contributed by atoms with E-state index in [1.165, 1.54) is 38.5 Å². The summed E-state index contributed by atoms with van der Waals surface area (Å²) in [5, 5.41) is 1.42. The average molecular weight is 356 g/mol. The number of hydrogen-bond acceptors (Lipinski definition) is 2. The topological polar surface area (TPSA) is 9.23 Å². The van der Waals surface area contributed by atoms with Gasteiger partial charge in [0.25, 0.3) is 0 Å². The molecule has 0 aliphatic heterocycles. The molecule has 0 spiro atoms. The van der Waals surface area contributed by atoms with Gasteiger partial charge in [0.2, 0.25) is 0 Å². The second-order valence-electron chi connectivity index (χ2n) is 4.74. The van der Waals surface area contributed by atoms with Crippen molar-refractivity contribution in [1.82, 2.24) is 0 Å². The minimum absolute atomic E-state index is 0.449. The van der Waals surface area contributed by atoms with E-state index < -0.39 is 0 Å². The summed E-state index contributed by atoms with van der Waals surface area (Å²) >= 11 is 22.0. The zero-order valence-electron chi connectivity index (χ0n) is 11.5. The van der Waals surface area contributed by atoms with E-state index in [1.807, 2.05) is 0 Å². The molecule has 1 aromatic carbocycles. The zero-order chi connectivity index (χ0) is 14.8. The van der Waals surface area contributed by atoms with Crippen LogP contribution in [0.1, 0.15) is 44.9 Å². The first-order chi connectivity index (χ1) is 9.65. The van der Waals surface area contributed by atoms with Gasteiger partial charge in [-0.1, -0.05) is 66.9 Å². The highest BCUT2D eigenvalue weighted by molar-refractivity contribution is 7.80. The SMILES string of the molecule is SCCCCCCCCCOc1cc(Cl)c(Cl)cc1Cl. The first kappa shape index (κ1) is 18.3. The number of thiol groups is 1. The molecular formula is C15H21Cl3OS. The molecule has 0 saturated carbocycles. The smallest absolute Gasteiger partial charge is 0.139 e. The number of ether oxygens (including phenoxy) is 1. The van der Waals surface area contributed by atoms with E-state index in [0.717, 1.165) is 12.2 Å². The van der Waals surface area contributed by atoms with E-state index >= 15 is 0 Å². The average Bonchev–Trinajstić information content (AvgIpc) is 2.42. The highest BCUT2D eigenvalue weighted by Crippen LogP contribution is 2.33. The maximum Gasteiger partial charge on any atom is 0.139 e. The van der Waals surface area contributed by atoms with Crippen molar-refractivity contribution in [2.45, 2.75) is 44.9 Å². The van der Waals surface area contributed by atoms with Gasteiger partial charge in [0.1, 0.15) is 5.75 Å². The molecular weight excluding hydrogens is 335 g/mol. The third-order valence-electron chi connectivity index (χ3n) is 3.03. The van der Waals surface area contributed by atoms with Gasteiger partial charge in [-0.2, -0.15) is 12.6 Å². The van der Waals surface area contributed by atoms with Gasteiger partial charge in [0.15, 0.2) is 0 Å². The Morgan fingerprint density at radius 3 is 1.95 bits per heavy atom. The fourth-order valence-electron chi connectivity index (χ4n) is 1.89. The number of halogens is 3. The molecule has 0 bridgehead atoms. The minimum Gasteiger partial charge on any atom is -0.492 e. The minimum atomic E-state index is 0.449. The summed E-state index contributed by atoms with van der Waals surface area (Å²) in [6.45, 7) is 0.661. The maximum atomic E-state index is 6.04. The van der Waals surface area contributed by atoms with Crippen LogP contribution < -0.4 is 4.74 Å². The van der Waals surface area contributed by atoms with Gasteiger partial charge >= 0.3 is 0 Å². The van der Waals surface area contributed by atoms with E-state index in [9.17, 15) is 0 Å². The highest BCUT2D eigenvalue weighted by Gasteiger charge is 2.06. The van der Waals surface area contributed by atoms with Crippen LogP contribution in [0.25, 0.3) is 0 Å². The second kappa shape index (κ2) is 10.9. The van der Waals surface area contributed by atoms with Crippen LogP contribution in [-0.4, -0.2) is 12.4 Å². The first-order valence-corrected chi connectivity index (χ1v) is 8.80. The molecule has 0 saturated heterocycles. The molecule has 0 amide bonds. The van der Waals surface area contributed by atoms with Crippen LogP contribution in [0, 0.1) is 0 Å². The standard InChI is InChI=1S/C15H21Cl3OS/c16-12-10-14(18)15(11-13(12)17)19-8-6-4-2-1-3-5-7-9-20/h10-11,20H,1-9H2. The van der Waals surface area contributed by atoms with Gasteiger partial charge in [0, 0.05) is 6.07 Å². The van der Waals surface area contributed by atoms with E-state index in [1.54, 1.807) is 12.1 Å². The molecule has 1 rings (SSSR count). The predicted octanol–water partition coefficient (Wildman–Crippen LogP) is 6.69. The Kier molecular flexibility index (Phi) is 9.96. The van der Waals surface area contributed by atoms with Crippen molar-refractivity contribution in [3.8, 4) is 5.75 Å². The molecule has 5 heteroatoms. The molecule has 1 aromatic rings. The Labute approximate surface area is 142 Å². The van der Waals surface area contributed by atoms with Gasteiger partial charge in [-0.15, -0.1) is 0 Å². The summed E-state index contributed by atoms with van der Waals surface area (Å²) in [4.78, 5) is 0. The fourth-order valence-corrected chi connectivity index (χ4v) is 2.71. The molecule has 0 heterocycles. The van der Waals surface area contributed by atoms with Gasteiger partial charge in [-0.05, 0) is 24.7 Å². The Hall–Kier alpha value is 0.240. The Morgan fingerprint density at radius 1 is 0.750 bits per heavy atom. The molecule has 0 N–H and O–H groups in total. The molecule has 114 valence electrons.